The number of alkyl halides is 6. The standard InChI is InChI=1S/C36H43F6N5O4/c37-35(38,39)27-19-23(20-28(22-27)36(40,41)42)21-31(32(48)45-14-7-25(8-15-45)24-5-12-43-13-6-24)51-34(50)46-16-10-29(11-17-46)47-18-9-26-3-1-2-4-30(26)44-33(47)49/h1-4,19-20,22,24-25,29,31,43H,5-18,21H2,(H,44,49)/t31-/m1/s1. The third-order valence-corrected chi connectivity index (χ3v) is 10.8. The summed E-state index contributed by atoms with van der Waals surface area (Å²) in [6.45, 7) is 3.41. The summed E-state index contributed by atoms with van der Waals surface area (Å²) in [6.07, 6.45) is -8.33. The summed E-state index contributed by atoms with van der Waals surface area (Å²) in [5.74, 6) is 0.270. The smallest absolute Gasteiger partial charge is 0.416 e. The average molecular weight is 724 g/mol. The number of hydrogen-bond acceptors (Lipinski definition) is 5. The van der Waals surface area contributed by atoms with Gasteiger partial charge in [0.05, 0.1) is 11.1 Å². The number of halogens is 6. The maximum Gasteiger partial charge on any atom is 0.416 e. The van der Waals surface area contributed by atoms with E-state index in [0.29, 0.717) is 75.7 Å². The molecule has 3 saturated heterocycles. The molecule has 2 N–H and O–H groups in total. The second kappa shape index (κ2) is 15.3. The number of fused-ring (bicyclic) bond motifs is 1. The zero-order valence-corrected chi connectivity index (χ0v) is 28.2. The van der Waals surface area contributed by atoms with Gasteiger partial charge in [-0.1, -0.05) is 18.2 Å². The first-order valence-corrected chi connectivity index (χ1v) is 17.6. The van der Waals surface area contributed by atoms with Crippen molar-refractivity contribution in [3.8, 4) is 0 Å². The van der Waals surface area contributed by atoms with Crippen LogP contribution >= 0.6 is 0 Å². The molecule has 51 heavy (non-hydrogen) atoms. The quantitative estimate of drug-likeness (QED) is 0.330. The molecule has 0 aliphatic carbocycles. The molecular formula is C36H43F6N5O4. The molecule has 9 nitrogen and oxygen atoms in total. The number of piperidine rings is 3. The van der Waals surface area contributed by atoms with Crippen LogP contribution < -0.4 is 10.6 Å². The Morgan fingerprint density at radius 2 is 1.37 bits per heavy atom. The minimum atomic E-state index is -5.07. The maximum atomic E-state index is 13.9. The largest absolute Gasteiger partial charge is 0.436 e. The molecule has 15 heteroatoms. The molecule has 4 heterocycles. The molecule has 4 aliphatic heterocycles. The van der Waals surface area contributed by atoms with Crippen molar-refractivity contribution in [2.75, 3.05) is 51.1 Å². The minimum absolute atomic E-state index is 0.0330. The van der Waals surface area contributed by atoms with Crippen LogP contribution in [0.25, 0.3) is 0 Å². The van der Waals surface area contributed by atoms with E-state index in [1.807, 2.05) is 24.3 Å². The molecular weight excluding hydrogens is 680 g/mol. The number of carbonyl (C=O) groups is 3. The summed E-state index contributed by atoms with van der Waals surface area (Å²) in [4.78, 5) is 45.1. The number of carbonyl (C=O) groups excluding carboxylic acids is 3. The number of para-hydroxylation sites is 1. The van der Waals surface area contributed by atoms with Crippen molar-refractivity contribution in [2.24, 2.45) is 11.8 Å². The predicted octanol–water partition coefficient (Wildman–Crippen LogP) is 6.56. The molecule has 278 valence electrons. The van der Waals surface area contributed by atoms with Gasteiger partial charge in [-0.15, -0.1) is 0 Å². The van der Waals surface area contributed by atoms with Crippen molar-refractivity contribution in [3.63, 3.8) is 0 Å². The Kier molecular flexibility index (Phi) is 11.0. The average Bonchev–Trinajstić information content (AvgIpc) is 3.28. The lowest BCUT2D eigenvalue weighted by Crippen LogP contribution is -2.52. The number of rotatable bonds is 6. The Labute approximate surface area is 292 Å². The molecule has 6 rings (SSSR count). The number of nitrogens with zero attached hydrogens (tertiary/aromatic N) is 3. The molecule has 2 aromatic rings. The Balaban J connectivity index is 1.15. The highest BCUT2D eigenvalue weighted by Crippen LogP contribution is 2.37. The van der Waals surface area contributed by atoms with Crippen molar-refractivity contribution in [2.45, 2.75) is 75.9 Å². The highest BCUT2D eigenvalue weighted by atomic mass is 19.4. The first kappa shape index (κ1) is 36.8. The van der Waals surface area contributed by atoms with Gasteiger partial charge in [0.15, 0.2) is 6.10 Å². The van der Waals surface area contributed by atoms with E-state index in [1.54, 1.807) is 4.90 Å². The van der Waals surface area contributed by atoms with Crippen LogP contribution in [0.15, 0.2) is 42.5 Å². The van der Waals surface area contributed by atoms with E-state index in [4.69, 9.17) is 4.74 Å². The van der Waals surface area contributed by atoms with E-state index in [2.05, 4.69) is 10.6 Å². The molecule has 3 fully saturated rings. The minimum Gasteiger partial charge on any atom is -0.436 e. The van der Waals surface area contributed by atoms with Crippen LogP contribution in [0.2, 0.25) is 0 Å². The van der Waals surface area contributed by atoms with Gasteiger partial charge in [0.2, 0.25) is 0 Å². The van der Waals surface area contributed by atoms with E-state index in [1.165, 1.54) is 9.80 Å². The Bertz CT molecular complexity index is 1530. The lowest BCUT2D eigenvalue weighted by Gasteiger charge is -2.39. The number of amides is 4. The number of ether oxygens (including phenoxy) is 1. The molecule has 4 amide bonds. The molecule has 1 atom stereocenters. The first-order chi connectivity index (χ1) is 24.3. The number of likely N-dealkylation sites (tertiary alicyclic amines) is 2. The molecule has 0 radical (unpaired) electrons. The number of urea groups is 1. The Morgan fingerprint density at radius 1 is 0.784 bits per heavy atom. The second-order valence-corrected chi connectivity index (χ2v) is 14.0. The van der Waals surface area contributed by atoms with Gasteiger partial charge in [0.25, 0.3) is 5.91 Å². The summed E-state index contributed by atoms with van der Waals surface area (Å²) in [5.41, 5.74) is -1.66. The molecule has 0 spiro atoms. The number of benzene rings is 2. The first-order valence-electron chi connectivity index (χ1n) is 17.6. The fraction of sp³-hybridized carbons (Fsp3) is 0.583. The number of anilines is 1. The van der Waals surface area contributed by atoms with Crippen LogP contribution in [0.5, 0.6) is 0 Å². The van der Waals surface area contributed by atoms with E-state index in [0.717, 1.165) is 37.2 Å². The van der Waals surface area contributed by atoms with Crippen LogP contribution in [-0.4, -0.2) is 90.7 Å². The van der Waals surface area contributed by atoms with E-state index in [-0.39, 0.29) is 31.2 Å². The summed E-state index contributed by atoms with van der Waals surface area (Å²) >= 11 is 0. The predicted molar refractivity (Wildman–Crippen MR) is 176 cm³/mol. The lowest BCUT2D eigenvalue weighted by molar-refractivity contribution is -0.143. The summed E-state index contributed by atoms with van der Waals surface area (Å²) in [7, 11) is 0. The van der Waals surface area contributed by atoms with Crippen molar-refractivity contribution in [1.82, 2.24) is 20.0 Å². The van der Waals surface area contributed by atoms with Gasteiger partial charge < -0.3 is 30.1 Å². The SMILES string of the molecule is O=C(O[C@H](Cc1cc(C(F)(F)F)cc(C(F)(F)F)c1)C(=O)N1CCC(C2CCNCC2)CC1)N1CCC(N2CCc3ccccc3NC2=O)CC1. The van der Waals surface area contributed by atoms with E-state index >= 15 is 0 Å². The number of hydrogen-bond donors (Lipinski definition) is 2. The monoisotopic (exact) mass is 723 g/mol. The van der Waals surface area contributed by atoms with Gasteiger partial charge in [0.1, 0.15) is 0 Å². The Morgan fingerprint density at radius 3 is 2.00 bits per heavy atom. The van der Waals surface area contributed by atoms with Gasteiger partial charge in [-0.3, -0.25) is 4.79 Å². The molecule has 0 unspecified atom stereocenters. The lowest BCUT2D eigenvalue weighted by atomic mass is 9.79. The molecule has 2 aromatic carbocycles. The van der Waals surface area contributed by atoms with E-state index in [9.17, 15) is 40.7 Å². The summed E-state index contributed by atoms with van der Waals surface area (Å²) < 4.78 is 87.8. The van der Waals surface area contributed by atoms with Gasteiger partial charge in [0, 0.05) is 50.9 Å². The van der Waals surface area contributed by atoms with Crippen LogP contribution in [0.4, 0.5) is 41.6 Å². The van der Waals surface area contributed by atoms with Crippen molar-refractivity contribution < 1.29 is 45.5 Å². The summed E-state index contributed by atoms with van der Waals surface area (Å²) in [6, 6.07) is 8.31. The van der Waals surface area contributed by atoms with Gasteiger partial charge in [-0.05, 0) is 105 Å². The van der Waals surface area contributed by atoms with Crippen LogP contribution in [0, 0.1) is 11.8 Å². The maximum absolute atomic E-state index is 13.9. The van der Waals surface area contributed by atoms with E-state index < -0.39 is 53.6 Å². The topological polar surface area (TPSA) is 94.2 Å². The molecule has 0 saturated carbocycles. The zero-order valence-electron chi connectivity index (χ0n) is 28.2. The third-order valence-electron chi connectivity index (χ3n) is 10.8. The molecule has 4 aliphatic rings. The highest BCUT2D eigenvalue weighted by molar-refractivity contribution is 5.91. The van der Waals surface area contributed by atoms with Crippen molar-refractivity contribution in [1.29, 1.82) is 0 Å². The van der Waals surface area contributed by atoms with Crippen molar-refractivity contribution in [3.05, 3.63) is 64.7 Å². The molecule has 0 bridgehead atoms. The second-order valence-electron chi connectivity index (χ2n) is 14.0. The third kappa shape index (κ3) is 8.90. The highest BCUT2D eigenvalue weighted by Gasteiger charge is 2.40. The molecule has 0 aromatic heterocycles. The van der Waals surface area contributed by atoms with Gasteiger partial charge >= 0.3 is 24.5 Å². The van der Waals surface area contributed by atoms with Crippen LogP contribution in [0.1, 0.15) is 60.8 Å². The Hall–Kier alpha value is -4.01. The fourth-order valence-corrected chi connectivity index (χ4v) is 7.94. The van der Waals surface area contributed by atoms with Crippen LogP contribution in [-0.2, 0) is 34.7 Å². The zero-order chi connectivity index (χ0) is 36.3. The number of nitrogens with one attached hydrogen (secondary N) is 2. The summed E-state index contributed by atoms with van der Waals surface area (Å²) in [5, 5.41) is 6.28. The van der Waals surface area contributed by atoms with Crippen LogP contribution in [0.3, 0.4) is 0 Å². The van der Waals surface area contributed by atoms with Gasteiger partial charge in [-0.25, -0.2) is 9.59 Å². The normalized spacial score (nSPS) is 20.7. The van der Waals surface area contributed by atoms with Crippen molar-refractivity contribution >= 4 is 23.7 Å². The van der Waals surface area contributed by atoms with Gasteiger partial charge in [-0.2, -0.15) is 26.3 Å². The fourth-order valence-electron chi connectivity index (χ4n) is 7.94.